The van der Waals surface area contributed by atoms with E-state index in [9.17, 15) is 39.3 Å². The second-order valence-electron chi connectivity index (χ2n) is 19.2. The standard InChI is InChI=1S/C50H78N2O13/c1-30-15-12-11-13-16-31(2)41(61-8)29-38-20-17-35(6)50(60,65-38)46(57)48(58)52-24-14-23-51(7)47(52)49(59)64-37(21-18-36-19-22-39(53)42(27-36)62-9)28-40(54)32(3)26-34(5)44(56)45(63-10)43(55)33(4)25-30/h11-13,15-16,26,30,32-33,35-39,41-42,44-45,47,53,56,60H,14,17-25,27-29H2,1-10H3/b13-11?,15-12+,31-16?,34-26+/t30-,32-,33-,35-,36-,37-,38+,39-,41+,42-,44-,45+,47-,50-/m1/s1. The number of aliphatic hydroxyl groups excluding tert-OH is 2. The predicted octanol–water partition coefficient (Wildman–Crippen LogP) is 5.04. The van der Waals surface area contributed by atoms with Crippen LogP contribution in [0.5, 0.6) is 0 Å². The van der Waals surface area contributed by atoms with Gasteiger partial charge in [0.15, 0.2) is 11.9 Å². The number of allylic oxidation sites excluding steroid dienone is 6. The number of nitrogens with zero attached hydrogens (tertiary/aromatic N) is 2. The lowest BCUT2D eigenvalue weighted by atomic mass is 9.81. The molecule has 15 nitrogen and oxygen atoms in total. The number of methoxy groups -OCH3 is 3. The summed E-state index contributed by atoms with van der Waals surface area (Å²) in [5.74, 6) is -7.82. The molecule has 2 saturated heterocycles. The van der Waals surface area contributed by atoms with Gasteiger partial charge in [0.2, 0.25) is 5.79 Å². The van der Waals surface area contributed by atoms with E-state index in [0.717, 1.165) is 16.9 Å². The number of likely N-dealkylation sites (N-methyl/N-ethyl adjacent to an activating group) is 1. The van der Waals surface area contributed by atoms with Gasteiger partial charge in [0, 0.05) is 65.0 Å². The number of fused-ring (bicyclic) bond motifs is 3. The molecule has 15 heteroatoms. The van der Waals surface area contributed by atoms with Crippen molar-refractivity contribution in [3.8, 4) is 0 Å². The maximum absolute atomic E-state index is 14.4. The maximum atomic E-state index is 14.4. The molecule has 65 heavy (non-hydrogen) atoms. The van der Waals surface area contributed by atoms with Crippen LogP contribution in [0.3, 0.4) is 0 Å². The van der Waals surface area contributed by atoms with Crippen molar-refractivity contribution in [3.05, 3.63) is 47.6 Å². The number of hydrogen-bond acceptors (Lipinski definition) is 14. The van der Waals surface area contributed by atoms with E-state index in [1.807, 2.05) is 51.2 Å². The molecule has 0 aromatic heterocycles. The highest BCUT2D eigenvalue weighted by Crippen LogP contribution is 2.37. The average molecular weight is 915 g/mol. The molecule has 2 bridgehead atoms. The van der Waals surface area contributed by atoms with Gasteiger partial charge in [-0.3, -0.25) is 24.1 Å². The molecule has 4 aliphatic rings. The molecule has 1 saturated carbocycles. The van der Waals surface area contributed by atoms with Crippen molar-refractivity contribution in [2.24, 2.45) is 29.6 Å². The minimum Gasteiger partial charge on any atom is -0.459 e. The number of ketones is 3. The lowest BCUT2D eigenvalue weighted by Crippen LogP contribution is -2.64. The summed E-state index contributed by atoms with van der Waals surface area (Å²) in [6.45, 7) is 11.2. The number of Topliss-reactive ketones (excluding diaryl/α,β-unsaturated/α-hetero) is 3. The van der Waals surface area contributed by atoms with E-state index in [0.29, 0.717) is 69.9 Å². The highest BCUT2D eigenvalue weighted by Gasteiger charge is 2.53. The fourth-order valence-electron chi connectivity index (χ4n) is 9.85. The van der Waals surface area contributed by atoms with Crippen LogP contribution in [-0.2, 0) is 47.7 Å². The Bertz CT molecular complexity index is 1760. The zero-order valence-electron chi connectivity index (χ0n) is 40.5. The van der Waals surface area contributed by atoms with E-state index in [1.54, 1.807) is 53.0 Å². The van der Waals surface area contributed by atoms with Crippen LogP contribution in [-0.4, -0.2) is 150 Å². The van der Waals surface area contributed by atoms with Crippen molar-refractivity contribution < 1.29 is 63.0 Å². The molecule has 3 aliphatic heterocycles. The minimum absolute atomic E-state index is 0.0175. The number of aliphatic hydroxyl groups is 3. The summed E-state index contributed by atoms with van der Waals surface area (Å²) >= 11 is 0. The van der Waals surface area contributed by atoms with Crippen molar-refractivity contribution >= 4 is 29.2 Å². The van der Waals surface area contributed by atoms with Crippen molar-refractivity contribution in [1.29, 1.82) is 0 Å². The van der Waals surface area contributed by atoms with E-state index in [-0.39, 0.29) is 42.5 Å². The van der Waals surface area contributed by atoms with Crippen LogP contribution in [0.25, 0.3) is 0 Å². The Balaban J connectivity index is 1.70. The van der Waals surface area contributed by atoms with Gasteiger partial charge in [0.1, 0.15) is 24.1 Å². The number of amides is 1. The van der Waals surface area contributed by atoms with E-state index in [2.05, 4.69) is 0 Å². The van der Waals surface area contributed by atoms with Gasteiger partial charge < -0.3 is 43.9 Å². The van der Waals surface area contributed by atoms with Crippen LogP contribution >= 0.6 is 0 Å². The van der Waals surface area contributed by atoms with Gasteiger partial charge in [-0.1, -0.05) is 64.2 Å². The molecule has 0 radical (unpaired) electrons. The Kier molecular flexibility index (Phi) is 20.9. The summed E-state index contributed by atoms with van der Waals surface area (Å²) in [7, 11) is 6.15. The molecule has 0 aromatic carbocycles. The number of esters is 1. The maximum Gasteiger partial charge on any atom is 0.344 e. The number of hydrogen-bond donors (Lipinski definition) is 3. The SMILES string of the molecule is CO[C@H]1C[C@@H]2CC[C@@H](C)[C@@](O)(O2)C(=O)C(=O)N2CCCN(C)[C@H]2C(=O)O[C@H](CC[C@@H]2CC[C@@H](O)[C@H](OC)C2)CC(=O)[C@H](C)/C=C(\C)[C@@H](O)[C@@H](OC)C(=O)[C@H](C)C[C@H](C)/C=C/C=CC=C1C. The smallest absolute Gasteiger partial charge is 0.344 e. The van der Waals surface area contributed by atoms with Crippen LogP contribution < -0.4 is 0 Å². The third-order valence-corrected chi connectivity index (χ3v) is 14.1. The van der Waals surface area contributed by atoms with Crippen LogP contribution in [0.2, 0.25) is 0 Å². The molecule has 0 aromatic rings. The van der Waals surface area contributed by atoms with Gasteiger partial charge in [-0.25, -0.2) is 4.79 Å². The van der Waals surface area contributed by atoms with Gasteiger partial charge >= 0.3 is 5.97 Å². The number of carbonyl (C=O) groups excluding carboxylic acids is 5. The third kappa shape index (κ3) is 14.3. The Morgan fingerprint density at radius 3 is 2.23 bits per heavy atom. The molecule has 1 amide bonds. The van der Waals surface area contributed by atoms with Gasteiger partial charge in [-0.2, -0.15) is 0 Å². The van der Waals surface area contributed by atoms with E-state index >= 15 is 0 Å². The van der Waals surface area contributed by atoms with Crippen LogP contribution in [0.15, 0.2) is 47.6 Å². The lowest BCUT2D eigenvalue weighted by Gasteiger charge is -2.44. The van der Waals surface area contributed by atoms with E-state index in [4.69, 9.17) is 23.7 Å². The van der Waals surface area contributed by atoms with Crippen molar-refractivity contribution in [3.63, 3.8) is 0 Å². The number of cyclic esters (lactones) is 1. The molecule has 366 valence electrons. The topological polar surface area (TPSA) is 199 Å². The molecule has 3 fully saturated rings. The largest absolute Gasteiger partial charge is 0.459 e. The predicted molar refractivity (Wildman–Crippen MR) is 244 cm³/mol. The molecule has 0 unspecified atom stereocenters. The lowest BCUT2D eigenvalue weighted by molar-refractivity contribution is -0.266. The quantitative estimate of drug-likeness (QED) is 0.182. The number of ether oxygens (including phenoxy) is 5. The molecular formula is C50H78N2O13. The monoisotopic (exact) mass is 915 g/mol. The first kappa shape index (κ1) is 54.2. The summed E-state index contributed by atoms with van der Waals surface area (Å²) in [5.41, 5.74) is 1.25. The van der Waals surface area contributed by atoms with Crippen molar-refractivity contribution in [2.45, 2.75) is 167 Å². The van der Waals surface area contributed by atoms with Crippen molar-refractivity contribution in [2.75, 3.05) is 41.5 Å². The summed E-state index contributed by atoms with van der Waals surface area (Å²) in [6.07, 6.45) is 9.15. The second-order valence-corrected chi connectivity index (χ2v) is 19.2. The normalized spacial score (nSPS) is 38.9. The Morgan fingerprint density at radius 2 is 1.55 bits per heavy atom. The van der Waals surface area contributed by atoms with Gasteiger partial charge in [-0.15, -0.1) is 0 Å². The van der Waals surface area contributed by atoms with Crippen LogP contribution in [0.1, 0.15) is 112 Å². The fraction of sp³-hybridized carbons (Fsp3) is 0.740. The first-order chi connectivity index (χ1) is 30.7. The molecule has 3 heterocycles. The van der Waals surface area contributed by atoms with Gasteiger partial charge in [-0.05, 0) is 102 Å². The Labute approximate surface area is 386 Å². The molecule has 4 rings (SSSR count). The summed E-state index contributed by atoms with van der Waals surface area (Å²) in [5, 5.41) is 33.8. The van der Waals surface area contributed by atoms with Gasteiger partial charge in [0.25, 0.3) is 11.7 Å². The third-order valence-electron chi connectivity index (χ3n) is 14.1. The second kappa shape index (κ2) is 25.1. The zero-order chi connectivity index (χ0) is 48.2. The average Bonchev–Trinajstić information content (AvgIpc) is 3.27. The minimum atomic E-state index is -2.45. The molecule has 0 spiro atoms. The number of rotatable bonds is 6. The zero-order valence-corrected chi connectivity index (χ0v) is 40.5. The summed E-state index contributed by atoms with van der Waals surface area (Å²) in [6, 6.07) is 0. The molecule has 14 atom stereocenters. The summed E-state index contributed by atoms with van der Waals surface area (Å²) < 4.78 is 29.2. The van der Waals surface area contributed by atoms with Crippen LogP contribution in [0, 0.1) is 29.6 Å². The van der Waals surface area contributed by atoms with E-state index in [1.165, 1.54) is 7.11 Å². The first-order valence-corrected chi connectivity index (χ1v) is 23.6. The van der Waals surface area contributed by atoms with Crippen LogP contribution in [0.4, 0.5) is 0 Å². The van der Waals surface area contributed by atoms with E-state index < -0.39 is 84.0 Å². The molecular weight excluding hydrogens is 837 g/mol. The summed E-state index contributed by atoms with van der Waals surface area (Å²) in [4.78, 5) is 73.3. The Hall–Kier alpha value is -3.41. The van der Waals surface area contributed by atoms with Crippen molar-refractivity contribution in [1.82, 2.24) is 9.80 Å². The fourth-order valence-corrected chi connectivity index (χ4v) is 9.85. The highest BCUT2D eigenvalue weighted by atomic mass is 16.6. The first-order valence-electron chi connectivity index (χ1n) is 23.6. The molecule has 1 aliphatic carbocycles. The van der Waals surface area contributed by atoms with Gasteiger partial charge in [0.05, 0.1) is 24.4 Å². The highest BCUT2D eigenvalue weighted by molar-refractivity contribution is 6.39. The molecule has 3 N–H and O–H groups in total. The Morgan fingerprint density at radius 1 is 0.831 bits per heavy atom. The number of carbonyl (C=O) groups is 5.